The Hall–Kier alpha value is -2.20. The summed E-state index contributed by atoms with van der Waals surface area (Å²) < 4.78 is 3.33. The summed E-state index contributed by atoms with van der Waals surface area (Å²) in [6.45, 7) is 3.02. The Morgan fingerprint density at radius 1 is 1.09 bits per heavy atom. The highest BCUT2D eigenvalue weighted by Gasteiger charge is 2.07. The molecule has 118 valence electrons. The molecule has 0 bridgehead atoms. The topological polar surface area (TPSA) is 34.4 Å². The van der Waals surface area contributed by atoms with Gasteiger partial charge in [0.1, 0.15) is 0 Å². The number of carbonyl (C=O) groups excluding carboxylic acids is 1. The van der Waals surface area contributed by atoms with Crippen LogP contribution in [-0.2, 0) is 17.8 Å². The summed E-state index contributed by atoms with van der Waals surface area (Å²) >= 11 is 1.59. The van der Waals surface area contributed by atoms with Crippen molar-refractivity contribution in [2.75, 3.05) is 0 Å². The zero-order valence-corrected chi connectivity index (χ0v) is 14.1. The van der Waals surface area contributed by atoms with Crippen LogP contribution in [0.25, 0.3) is 10.2 Å². The maximum atomic E-state index is 12.2. The molecule has 1 heterocycles. The van der Waals surface area contributed by atoms with Crippen LogP contribution in [0.3, 0.4) is 0 Å². The summed E-state index contributed by atoms with van der Waals surface area (Å²) in [5.74, 6) is -0.0507. The average molecular weight is 324 g/mol. The van der Waals surface area contributed by atoms with Crippen molar-refractivity contribution in [3.8, 4) is 0 Å². The minimum Gasteiger partial charge on any atom is -0.316 e. The molecule has 1 aromatic heterocycles. The molecule has 0 N–H and O–H groups in total. The quantitative estimate of drug-likeness (QED) is 0.693. The largest absolute Gasteiger partial charge is 0.316 e. The van der Waals surface area contributed by atoms with Crippen LogP contribution in [0.5, 0.6) is 0 Å². The van der Waals surface area contributed by atoms with Crippen molar-refractivity contribution in [1.29, 1.82) is 0 Å². The molecule has 4 heteroatoms. The smallest absolute Gasteiger partial charge is 0.248 e. The number of fused-ring (bicyclic) bond motifs is 1. The van der Waals surface area contributed by atoms with Crippen molar-refractivity contribution in [2.45, 2.75) is 32.7 Å². The second kappa shape index (κ2) is 7.38. The zero-order chi connectivity index (χ0) is 16.1. The van der Waals surface area contributed by atoms with Crippen LogP contribution in [0.15, 0.2) is 59.6 Å². The molecule has 3 nitrogen and oxygen atoms in total. The van der Waals surface area contributed by atoms with Crippen molar-refractivity contribution >= 4 is 27.5 Å². The lowest BCUT2D eigenvalue weighted by Crippen LogP contribution is -2.16. The standard InChI is InChI=1S/C19H20N2OS/c1-2-14-21-16-10-6-7-11-17(16)23-19(21)20-18(22)13-12-15-8-4-3-5-9-15/h3-11H,2,12-14H2,1H3. The van der Waals surface area contributed by atoms with E-state index >= 15 is 0 Å². The number of aryl methyl sites for hydroxylation is 2. The Morgan fingerprint density at radius 2 is 1.83 bits per heavy atom. The number of hydrogen-bond donors (Lipinski definition) is 0. The van der Waals surface area contributed by atoms with Crippen LogP contribution in [0.2, 0.25) is 0 Å². The van der Waals surface area contributed by atoms with E-state index < -0.39 is 0 Å². The van der Waals surface area contributed by atoms with E-state index in [0.29, 0.717) is 6.42 Å². The third-order valence-electron chi connectivity index (χ3n) is 3.73. The number of carbonyl (C=O) groups is 1. The molecule has 0 spiro atoms. The maximum absolute atomic E-state index is 12.2. The van der Waals surface area contributed by atoms with E-state index in [1.54, 1.807) is 11.3 Å². The van der Waals surface area contributed by atoms with Gasteiger partial charge in [-0.3, -0.25) is 4.79 Å². The van der Waals surface area contributed by atoms with Crippen LogP contribution in [0.1, 0.15) is 25.3 Å². The molecule has 0 fully saturated rings. The molecule has 0 unspecified atom stereocenters. The van der Waals surface area contributed by atoms with Gasteiger partial charge in [0.05, 0.1) is 10.2 Å². The van der Waals surface area contributed by atoms with Crippen molar-refractivity contribution in [1.82, 2.24) is 4.57 Å². The Morgan fingerprint density at radius 3 is 2.61 bits per heavy atom. The first-order chi connectivity index (χ1) is 11.3. The predicted molar refractivity (Wildman–Crippen MR) is 95.4 cm³/mol. The number of nitrogens with zero attached hydrogens (tertiary/aromatic N) is 2. The van der Waals surface area contributed by atoms with Gasteiger partial charge in [0, 0.05) is 13.0 Å². The first-order valence-electron chi connectivity index (χ1n) is 7.98. The summed E-state index contributed by atoms with van der Waals surface area (Å²) in [6, 6.07) is 18.3. The number of hydrogen-bond acceptors (Lipinski definition) is 2. The molecule has 0 atom stereocenters. The van der Waals surface area contributed by atoms with E-state index in [1.165, 1.54) is 10.3 Å². The summed E-state index contributed by atoms with van der Waals surface area (Å²) in [7, 11) is 0. The molecular formula is C19H20N2OS. The fourth-order valence-electron chi connectivity index (χ4n) is 2.60. The molecule has 3 aromatic rings. The van der Waals surface area contributed by atoms with Gasteiger partial charge in [0.25, 0.3) is 0 Å². The Bertz CT molecular complexity index is 862. The molecular weight excluding hydrogens is 304 g/mol. The van der Waals surface area contributed by atoms with E-state index in [-0.39, 0.29) is 5.91 Å². The predicted octanol–water partition coefficient (Wildman–Crippen LogP) is 4.17. The highest BCUT2D eigenvalue weighted by Crippen LogP contribution is 2.17. The number of aromatic nitrogens is 1. The number of benzene rings is 2. The molecule has 3 rings (SSSR count). The summed E-state index contributed by atoms with van der Waals surface area (Å²) in [5.41, 5.74) is 2.34. The van der Waals surface area contributed by atoms with Gasteiger partial charge in [-0.05, 0) is 30.5 Å². The molecule has 23 heavy (non-hydrogen) atoms. The number of amides is 1. The lowest BCUT2D eigenvalue weighted by atomic mass is 10.1. The van der Waals surface area contributed by atoms with E-state index in [9.17, 15) is 4.79 Å². The van der Waals surface area contributed by atoms with Crippen LogP contribution in [0, 0.1) is 0 Å². The molecule has 0 aliphatic carbocycles. The van der Waals surface area contributed by atoms with Gasteiger partial charge in [-0.2, -0.15) is 4.99 Å². The fraction of sp³-hybridized carbons (Fsp3) is 0.263. The first-order valence-corrected chi connectivity index (χ1v) is 8.79. The minimum absolute atomic E-state index is 0.0507. The summed E-state index contributed by atoms with van der Waals surface area (Å²) in [6.07, 6.45) is 2.21. The van der Waals surface area contributed by atoms with E-state index in [2.05, 4.69) is 28.6 Å². The highest BCUT2D eigenvalue weighted by molar-refractivity contribution is 7.16. The van der Waals surface area contributed by atoms with Crippen LogP contribution >= 0.6 is 11.3 Å². The second-order valence-corrected chi connectivity index (χ2v) is 6.50. The number of rotatable bonds is 5. The van der Waals surface area contributed by atoms with Gasteiger partial charge < -0.3 is 4.57 Å². The van der Waals surface area contributed by atoms with Crippen LogP contribution < -0.4 is 4.80 Å². The molecule has 1 amide bonds. The van der Waals surface area contributed by atoms with Crippen molar-refractivity contribution in [3.05, 3.63) is 65.0 Å². The molecule has 0 saturated carbocycles. The number of thiazole rings is 1. The molecule has 0 aliphatic rings. The van der Waals surface area contributed by atoms with E-state index in [1.807, 2.05) is 42.5 Å². The fourth-order valence-corrected chi connectivity index (χ4v) is 3.68. The lowest BCUT2D eigenvalue weighted by molar-refractivity contribution is -0.118. The van der Waals surface area contributed by atoms with Gasteiger partial charge >= 0.3 is 0 Å². The minimum atomic E-state index is -0.0507. The highest BCUT2D eigenvalue weighted by atomic mass is 32.1. The van der Waals surface area contributed by atoms with Crippen molar-refractivity contribution in [3.63, 3.8) is 0 Å². The SMILES string of the molecule is CCCn1c(=NC(=O)CCc2ccccc2)sc2ccccc21. The van der Waals surface area contributed by atoms with Crippen molar-refractivity contribution < 1.29 is 4.79 Å². The van der Waals surface area contributed by atoms with E-state index in [0.717, 1.165) is 29.7 Å². The molecule has 0 aliphatic heterocycles. The Kier molecular flexibility index (Phi) is 5.03. The maximum Gasteiger partial charge on any atom is 0.248 e. The van der Waals surface area contributed by atoms with Gasteiger partial charge in [-0.1, -0.05) is 60.7 Å². The third-order valence-corrected chi connectivity index (χ3v) is 4.79. The molecule has 0 radical (unpaired) electrons. The van der Waals surface area contributed by atoms with Crippen LogP contribution in [0.4, 0.5) is 0 Å². The Labute approximate surface area is 139 Å². The monoisotopic (exact) mass is 324 g/mol. The van der Waals surface area contributed by atoms with Crippen molar-refractivity contribution in [2.24, 2.45) is 4.99 Å². The van der Waals surface area contributed by atoms with E-state index in [4.69, 9.17) is 0 Å². The van der Waals surface area contributed by atoms with Gasteiger partial charge in [-0.25, -0.2) is 0 Å². The van der Waals surface area contributed by atoms with Gasteiger partial charge in [0.15, 0.2) is 4.80 Å². The number of para-hydroxylation sites is 1. The summed E-state index contributed by atoms with van der Waals surface area (Å²) in [4.78, 5) is 17.4. The van der Waals surface area contributed by atoms with Gasteiger partial charge in [0.2, 0.25) is 5.91 Å². The first kappa shape index (κ1) is 15.7. The lowest BCUT2D eigenvalue weighted by Gasteiger charge is -2.02. The third kappa shape index (κ3) is 3.77. The normalized spacial score (nSPS) is 12.0. The second-order valence-electron chi connectivity index (χ2n) is 5.50. The van der Waals surface area contributed by atoms with Crippen LogP contribution in [-0.4, -0.2) is 10.5 Å². The Balaban J connectivity index is 1.84. The summed E-state index contributed by atoms with van der Waals surface area (Å²) in [5, 5.41) is 0. The zero-order valence-electron chi connectivity index (χ0n) is 13.2. The van der Waals surface area contributed by atoms with Gasteiger partial charge in [-0.15, -0.1) is 0 Å². The molecule has 2 aromatic carbocycles. The average Bonchev–Trinajstić information content (AvgIpc) is 2.92. The molecule has 0 saturated heterocycles.